The maximum Gasteiger partial charge on any atom is 0.251 e. The summed E-state index contributed by atoms with van der Waals surface area (Å²) < 4.78 is 0. The molecule has 0 fully saturated rings. The molecule has 2 aromatic rings. The van der Waals surface area contributed by atoms with Crippen molar-refractivity contribution in [2.75, 3.05) is 6.54 Å². The molecular formula is C24H29NO2. The number of nitrogens with one attached hydrogen (secondary N) is 1. The van der Waals surface area contributed by atoms with E-state index in [0.29, 0.717) is 23.2 Å². The summed E-state index contributed by atoms with van der Waals surface area (Å²) in [4.78, 5) is 24.9. The number of carbonyl (C=O) groups is 2. The molecule has 3 nitrogen and oxygen atoms in total. The second-order valence-electron chi connectivity index (χ2n) is 8.79. The topological polar surface area (TPSA) is 46.2 Å². The Morgan fingerprint density at radius 3 is 1.93 bits per heavy atom. The number of fused-ring (bicyclic) bond motifs is 1. The lowest BCUT2D eigenvalue weighted by molar-refractivity contribution is 0.0954. The zero-order chi connectivity index (χ0) is 19.8. The van der Waals surface area contributed by atoms with Gasteiger partial charge in [0.25, 0.3) is 5.91 Å². The van der Waals surface area contributed by atoms with E-state index < -0.39 is 0 Å². The first-order valence-electron chi connectivity index (χ1n) is 9.74. The van der Waals surface area contributed by atoms with Gasteiger partial charge in [-0.3, -0.25) is 9.59 Å². The molecule has 0 aliphatic heterocycles. The van der Waals surface area contributed by atoms with Gasteiger partial charge >= 0.3 is 0 Å². The quantitative estimate of drug-likeness (QED) is 0.776. The summed E-state index contributed by atoms with van der Waals surface area (Å²) in [7, 11) is 0. The Balaban J connectivity index is 1.93. The Hall–Kier alpha value is -2.42. The van der Waals surface area contributed by atoms with Crippen molar-refractivity contribution in [3.63, 3.8) is 0 Å². The second kappa shape index (κ2) is 6.95. The molecule has 3 rings (SSSR count). The van der Waals surface area contributed by atoms with Crippen molar-refractivity contribution < 1.29 is 9.59 Å². The van der Waals surface area contributed by atoms with Gasteiger partial charge in [0.05, 0.1) is 0 Å². The average Bonchev–Trinajstić information content (AvgIpc) is 2.65. The zero-order valence-corrected chi connectivity index (χ0v) is 17.0. The summed E-state index contributed by atoms with van der Waals surface area (Å²) in [6.07, 6.45) is 2.27. The van der Waals surface area contributed by atoms with E-state index in [1.165, 1.54) is 11.1 Å². The molecule has 1 N–H and O–H groups in total. The summed E-state index contributed by atoms with van der Waals surface area (Å²) >= 11 is 0. The Bertz CT molecular complexity index is 876. The fourth-order valence-corrected chi connectivity index (χ4v) is 3.93. The van der Waals surface area contributed by atoms with Crippen LogP contribution in [0.5, 0.6) is 0 Å². The van der Waals surface area contributed by atoms with Crippen LogP contribution in [0.3, 0.4) is 0 Å². The van der Waals surface area contributed by atoms with E-state index in [0.717, 1.165) is 12.8 Å². The number of carbonyl (C=O) groups excluding carboxylic acids is 2. The van der Waals surface area contributed by atoms with E-state index in [9.17, 15) is 9.59 Å². The normalized spacial score (nSPS) is 17.1. The molecule has 142 valence electrons. The molecule has 3 heteroatoms. The second-order valence-corrected chi connectivity index (χ2v) is 8.79. The molecule has 1 aliphatic rings. The third kappa shape index (κ3) is 3.69. The summed E-state index contributed by atoms with van der Waals surface area (Å²) in [6.45, 7) is 11.5. The first-order valence-corrected chi connectivity index (χ1v) is 9.74. The van der Waals surface area contributed by atoms with E-state index in [-0.39, 0.29) is 22.5 Å². The van der Waals surface area contributed by atoms with E-state index in [1.807, 2.05) is 13.0 Å². The van der Waals surface area contributed by atoms with Crippen LogP contribution in [0.2, 0.25) is 0 Å². The van der Waals surface area contributed by atoms with Gasteiger partial charge in [0, 0.05) is 23.2 Å². The molecule has 0 bridgehead atoms. The molecule has 0 atom stereocenters. The molecule has 27 heavy (non-hydrogen) atoms. The molecule has 0 radical (unpaired) electrons. The van der Waals surface area contributed by atoms with Gasteiger partial charge < -0.3 is 5.32 Å². The largest absolute Gasteiger partial charge is 0.352 e. The van der Waals surface area contributed by atoms with E-state index in [4.69, 9.17) is 0 Å². The molecule has 0 saturated carbocycles. The van der Waals surface area contributed by atoms with Gasteiger partial charge in [0.15, 0.2) is 5.78 Å². The van der Waals surface area contributed by atoms with Crippen molar-refractivity contribution in [2.45, 2.75) is 58.3 Å². The van der Waals surface area contributed by atoms with Gasteiger partial charge in [0.2, 0.25) is 0 Å². The monoisotopic (exact) mass is 363 g/mol. The van der Waals surface area contributed by atoms with Crippen LogP contribution in [-0.2, 0) is 10.8 Å². The number of amides is 1. The molecule has 1 amide bonds. The molecular weight excluding hydrogens is 334 g/mol. The number of hydrogen-bond donors (Lipinski definition) is 1. The maximum atomic E-state index is 13.0. The number of rotatable bonds is 4. The summed E-state index contributed by atoms with van der Waals surface area (Å²) in [5.74, 6) is -0.117. The van der Waals surface area contributed by atoms with Crippen LogP contribution in [0, 0.1) is 0 Å². The minimum Gasteiger partial charge on any atom is -0.352 e. The molecule has 0 aromatic heterocycles. The van der Waals surface area contributed by atoms with Crippen molar-refractivity contribution in [3.05, 3.63) is 70.3 Å². The minimum atomic E-state index is -0.116. The minimum absolute atomic E-state index is 0.000528. The van der Waals surface area contributed by atoms with Crippen LogP contribution in [0.1, 0.15) is 84.9 Å². The van der Waals surface area contributed by atoms with Gasteiger partial charge in [0.1, 0.15) is 0 Å². The van der Waals surface area contributed by atoms with Crippen molar-refractivity contribution in [2.24, 2.45) is 0 Å². The average molecular weight is 364 g/mol. The van der Waals surface area contributed by atoms with E-state index in [2.05, 4.69) is 45.1 Å². The first kappa shape index (κ1) is 19.3. The maximum absolute atomic E-state index is 13.0. The van der Waals surface area contributed by atoms with Crippen molar-refractivity contribution in [1.29, 1.82) is 0 Å². The van der Waals surface area contributed by atoms with Crippen molar-refractivity contribution >= 4 is 11.7 Å². The third-order valence-electron chi connectivity index (χ3n) is 5.86. The molecule has 0 unspecified atom stereocenters. The lowest BCUT2D eigenvalue weighted by Crippen LogP contribution is -2.34. The number of ketones is 1. The Morgan fingerprint density at radius 1 is 0.815 bits per heavy atom. The van der Waals surface area contributed by atoms with Crippen molar-refractivity contribution in [1.82, 2.24) is 5.32 Å². The number of hydrogen-bond acceptors (Lipinski definition) is 2. The van der Waals surface area contributed by atoms with E-state index >= 15 is 0 Å². The van der Waals surface area contributed by atoms with Crippen molar-refractivity contribution in [3.8, 4) is 0 Å². The number of benzene rings is 2. The Morgan fingerprint density at radius 2 is 1.33 bits per heavy atom. The highest BCUT2D eigenvalue weighted by atomic mass is 16.1. The highest BCUT2D eigenvalue weighted by Gasteiger charge is 2.37. The summed E-state index contributed by atoms with van der Waals surface area (Å²) in [5.41, 5.74) is 4.73. The molecule has 1 aliphatic carbocycles. The zero-order valence-electron chi connectivity index (χ0n) is 17.0. The standard InChI is InChI=1S/C24H29NO2/c1-6-25-22(27)17-9-7-16(8-10-17)21(26)18-11-12-19-20(15-18)24(4,5)14-13-23(19,2)3/h7-12,15H,6,13-14H2,1-5H3,(H,25,27). The van der Waals surface area contributed by atoms with Crippen LogP contribution in [0.4, 0.5) is 0 Å². The van der Waals surface area contributed by atoms with Crippen LogP contribution in [0.25, 0.3) is 0 Å². The Labute approximate surface area is 162 Å². The lowest BCUT2D eigenvalue weighted by atomic mass is 9.63. The first-order chi connectivity index (χ1) is 12.7. The van der Waals surface area contributed by atoms with Crippen LogP contribution < -0.4 is 5.32 Å². The molecule has 2 aromatic carbocycles. The highest BCUT2D eigenvalue weighted by Crippen LogP contribution is 2.46. The fourth-order valence-electron chi connectivity index (χ4n) is 3.93. The van der Waals surface area contributed by atoms with Crippen LogP contribution >= 0.6 is 0 Å². The predicted molar refractivity (Wildman–Crippen MR) is 110 cm³/mol. The summed E-state index contributed by atoms with van der Waals surface area (Å²) in [6, 6.07) is 13.1. The van der Waals surface area contributed by atoms with Gasteiger partial charge in [-0.15, -0.1) is 0 Å². The highest BCUT2D eigenvalue weighted by molar-refractivity contribution is 6.09. The third-order valence-corrected chi connectivity index (χ3v) is 5.86. The van der Waals surface area contributed by atoms with Gasteiger partial charge in [-0.2, -0.15) is 0 Å². The molecule has 0 saturated heterocycles. The predicted octanol–water partition coefficient (Wildman–Crippen LogP) is 5.02. The fraction of sp³-hybridized carbons (Fsp3) is 0.417. The van der Waals surface area contributed by atoms with Gasteiger partial charge in [-0.25, -0.2) is 0 Å². The van der Waals surface area contributed by atoms with Crippen LogP contribution in [-0.4, -0.2) is 18.2 Å². The molecule has 0 heterocycles. The van der Waals surface area contributed by atoms with Crippen LogP contribution in [0.15, 0.2) is 42.5 Å². The molecule has 0 spiro atoms. The van der Waals surface area contributed by atoms with Gasteiger partial charge in [-0.05, 0) is 59.9 Å². The SMILES string of the molecule is CCNC(=O)c1ccc(C(=O)c2ccc3c(c2)C(C)(C)CCC3(C)C)cc1. The van der Waals surface area contributed by atoms with Gasteiger partial charge in [-0.1, -0.05) is 52.0 Å². The lowest BCUT2D eigenvalue weighted by Gasteiger charge is -2.42. The Kier molecular flexibility index (Phi) is 4.98. The summed E-state index contributed by atoms with van der Waals surface area (Å²) in [5, 5.41) is 2.77. The smallest absolute Gasteiger partial charge is 0.251 e. The van der Waals surface area contributed by atoms with E-state index in [1.54, 1.807) is 24.3 Å².